The number of aromatic nitrogens is 1. The number of piperidine rings is 1. The second-order valence-corrected chi connectivity index (χ2v) is 11.0. The number of nitrogens with zero attached hydrogens (tertiary/aromatic N) is 4. The van der Waals surface area contributed by atoms with Gasteiger partial charge in [0.2, 0.25) is 0 Å². The van der Waals surface area contributed by atoms with Crippen molar-refractivity contribution in [3.05, 3.63) is 31.9 Å². The number of nitriles is 1. The number of unbranched alkanes of at least 4 members (excludes halogenated alkanes) is 1. The summed E-state index contributed by atoms with van der Waals surface area (Å²) in [5.74, 6) is 0.162. The first kappa shape index (κ1) is 27.9. The van der Waals surface area contributed by atoms with Gasteiger partial charge in [0.1, 0.15) is 21.8 Å². The molecule has 0 N–H and O–H groups in total. The summed E-state index contributed by atoms with van der Waals surface area (Å²) < 4.78 is 7.39. The lowest BCUT2D eigenvalue weighted by molar-refractivity contribution is -0.148. The van der Waals surface area contributed by atoms with E-state index < -0.39 is 0 Å². The molecule has 2 fully saturated rings. The number of carbonyl (C=O) groups is 2. The van der Waals surface area contributed by atoms with Crippen LogP contribution in [0.1, 0.15) is 70.1 Å². The lowest BCUT2D eigenvalue weighted by atomic mass is 9.95. The van der Waals surface area contributed by atoms with E-state index in [1.807, 2.05) is 20.8 Å². The Morgan fingerprint density at radius 1 is 1.28 bits per heavy atom. The van der Waals surface area contributed by atoms with E-state index in [1.54, 1.807) is 29.4 Å². The quantitative estimate of drug-likeness (QED) is 0.280. The number of esters is 1. The molecule has 0 unspecified atom stereocenters. The minimum absolute atomic E-state index is 0.0703. The first-order valence-corrected chi connectivity index (χ1v) is 13.7. The molecule has 10 heteroatoms. The summed E-state index contributed by atoms with van der Waals surface area (Å²) >= 11 is 6.69. The van der Waals surface area contributed by atoms with Gasteiger partial charge < -0.3 is 9.64 Å². The Labute approximate surface area is 222 Å². The summed E-state index contributed by atoms with van der Waals surface area (Å²) in [5.41, 5.74) is 0.994. The molecule has 0 saturated carbocycles. The van der Waals surface area contributed by atoms with Crippen molar-refractivity contribution >= 4 is 52.1 Å². The molecule has 0 spiro atoms. The Hall–Kier alpha value is -2.64. The molecule has 8 nitrogen and oxygen atoms in total. The van der Waals surface area contributed by atoms with E-state index in [0.29, 0.717) is 65.3 Å². The molecular weight excluding hydrogens is 496 g/mol. The third-order valence-electron chi connectivity index (χ3n) is 6.61. The van der Waals surface area contributed by atoms with Crippen molar-refractivity contribution in [2.75, 3.05) is 24.6 Å². The first-order valence-electron chi connectivity index (χ1n) is 12.5. The average molecular weight is 531 g/mol. The highest BCUT2D eigenvalue weighted by Crippen LogP contribution is 2.37. The van der Waals surface area contributed by atoms with Crippen molar-refractivity contribution < 1.29 is 14.3 Å². The lowest BCUT2D eigenvalue weighted by Crippen LogP contribution is -2.41. The summed E-state index contributed by atoms with van der Waals surface area (Å²) in [7, 11) is 0. The topological polar surface area (TPSA) is 95.6 Å². The zero-order valence-corrected chi connectivity index (χ0v) is 23.3. The van der Waals surface area contributed by atoms with E-state index in [2.05, 4.69) is 11.0 Å². The summed E-state index contributed by atoms with van der Waals surface area (Å²) in [4.78, 5) is 43.0. The molecule has 1 aromatic heterocycles. The molecule has 3 rings (SSSR count). The molecule has 0 atom stereocenters. The number of hydrogen-bond acceptors (Lipinski definition) is 8. The lowest BCUT2D eigenvalue weighted by Gasteiger charge is -2.35. The van der Waals surface area contributed by atoms with Crippen LogP contribution in [0.15, 0.2) is 9.70 Å². The van der Waals surface area contributed by atoms with E-state index in [4.69, 9.17) is 17.0 Å². The molecule has 3 heterocycles. The van der Waals surface area contributed by atoms with Crippen molar-refractivity contribution in [2.24, 2.45) is 5.92 Å². The monoisotopic (exact) mass is 530 g/mol. The minimum atomic E-state index is -0.321. The Bertz CT molecular complexity index is 1170. The van der Waals surface area contributed by atoms with Gasteiger partial charge in [-0.2, -0.15) is 5.26 Å². The van der Waals surface area contributed by atoms with Gasteiger partial charge in [-0.25, -0.2) is 0 Å². The van der Waals surface area contributed by atoms with Crippen LogP contribution in [0.2, 0.25) is 0 Å². The molecule has 0 radical (unpaired) electrons. The van der Waals surface area contributed by atoms with Crippen molar-refractivity contribution in [1.29, 1.82) is 5.26 Å². The molecule has 1 amide bonds. The third kappa shape index (κ3) is 5.52. The summed E-state index contributed by atoms with van der Waals surface area (Å²) in [6.07, 6.45) is 4.65. The predicted octanol–water partition coefficient (Wildman–Crippen LogP) is 4.22. The number of thioether (sulfide) groups is 1. The molecule has 2 saturated heterocycles. The van der Waals surface area contributed by atoms with Crippen LogP contribution in [0.3, 0.4) is 0 Å². The number of anilines is 1. The highest BCUT2D eigenvalue weighted by Gasteiger charge is 2.35. The van der Waals surface area contributed by atoms with Crippen LogP contribution in [0.5, 0.6) is 0 Å². The Morgan fingerprint density at radius 2 is 1.94 bits per heavy atom. The molecule has 0 aromatic carbocycles. The van der Waals surface area contributed by atoms with Gasteiger partial charge in [0.15, 0.2) is 0 Å². The molecule has 194 valence electrons. The number of amides is 1. The number of carbonyl (C=O) groups excluding carboxylic acids is 2. The normalized spacial score (nSPS) is 17.9. The molecule has 2 aliphatic heterocycles. The second-order valence-electron chi connectivity index (χ2n) is 9.32. The summed E-state index contributed by atoms with van der Waals surface area (Å²) in [5, 5.41) is 9.84. The smallest absolute Gasteiger partial charge is 0.309 e. The fourth-order valence-electron chi connectivity index (χ4n) is 4.65. The van der Waals surface area contributed by atoms with Gasteiger partial charge in [-0.15, -0.1) is 0 Å². The van der Waals surface area contributed by atoms with E-state index in [-0.39, 0.29) is 35.0 Å². The maximum atomic E-state index is 13.4. The maximum Gasteiger partial charge on any atom is 0.309 e. The second kappa shape index (κ2) is 12.1. The Balaban J connectivity index is 2.15. The van der Waals surface area contributed by atoms with E-state index in [0.717, 1.165) is 12.8 Å². The van der Waals surface area contributed by atoms with Crippen LogP contribution in [-0.2, 0) is 20.9 Å². The van der Waals surface area contributed by atoms with Crippen LogP contribution < -0.4 is 10.5 Å². The van der Waals surface area contributed by atoms with Gasteiger partial charge in [-0.1, -0.05) is 37.3 Å². The number of hydrogen-bond donors (Lipinski definition) is 0. The number of ether oxygens (including phenoxy) is 1. The van der Waals surface area contributed by atoms with Gasteiger partial charge in [0.25, 0.3) is 11.5 Å². The van der Waals surface area contributed by atoms with Gasteiger partial charge >= 0.3 is 5.97 Å². The van der Waals surface area contributed by atoms with Crippen molar-refractivity contribution in [3.63, 3.8) is 0 Å². The zero-order chi connectivity index (χ0) is 26.6. The average Bonchev–Trinajstić information content (AvgIpc) is 3.13. The van der Waals surface area contributed by atoms with Crippen LogP contribution in [0.25, 0.3) is 6.08 Å². The number of pyridine rings is 1. The van der Waals surface area contributed by atoms with Crippen molar-refractivity contribution in [1.82, 2.24) is 9.47 Å². The molecule has 1 aromatic rings. The van der Waals surface area contributed by atoms with E-state index in [9.17, 15) is 19.6 Å². The predicted molar refractivity (Wildman–Crippen MR) is 147 cm³/mol. The molecular formula is C26H34N4O4S2. The standard InChI is InChI=1S/C26H34N4O4S2/c1-6-8-11-29-22(28-12-9-18(10-13-28)25(33)34-7-2)19(17(5)20(15-27)23(29)31)14-21-24(32)30(16(3)4)26(35)36-21/h14,16,18H,6-13H2,1-5H3. The molecule has 0 bridgehead atoms. The first-order chi connectivity index (χ1) is 17.2. The molecule has 2 aliphatic rings. The van der Waals surface area contributed by atoms with E-state index >= 15 is 0 Å². The van der Waals surface area contributed by atoms with Crippen LogP contribution >= 0.6 is 24.0 Å². The third-order valence-corrected chi connectivity index (χ3v) is 7.94. The zero-order valence-electron chi connectivity index (χ0n) is 21.6. The van der Waals surface area contributed by atoms with E-state index in [1.165, 1.54) is 11.8 Å². The molecule has 0 aliphatic carbocycles. The number of rotatable bonds is 8. The molecule has 36 heavy (non-hydrogen) atoms. The fourth-order valence-corrected chi connectivity index (χ4v) is 6.16. The number of thiocarbonyl (C=S) groups is 1. The highest BCUT2D eigenvalue weighted by atomic mass is 32.2. The van der Waals surface area contributed by atoms with Crippen LogP contribution in [-0.4, -0.2) is 51.4 Å². The SMILES string of the molecule is CCCCn1c(N2CCC(C(=O)OCC)CC2)c(C=C2SC(=S)N(C(C)C)C2=O)c(C)c(C#N)c1=O. The van der Waals surface area contributed by atoms with Gasteiger partial charge in [-0.05, 0) is 58.6 Å². The van der Waals surface area contributed by atoms with Gasteiger partial charge in [0, 0.05) is 31.2 Å². The summed E-state index contributed by atoms with van der Waals surface area (Å²) in [6.45, 7) is 11.4. The fraction of sp³-hybridized carbons (Fsp3) is 0.577. The largest absolute Gasteiger partial charge is 0.466 e. The Morgan fingerprint density at radius 3 is 2.47 bits per heavy atom. The van der Waals surface area contributed by atoms with Crippen molar-refractivity contribution in [2.45, 2.75) is 72.9 Å². The minimum Gasteiger partial charge on any atom is -0.466 e. The van der Waals surface area contributed by atoms with Crippen LogP contribution in [0, 0.1) is 24.2 Å². The Kier molecular flexibility index (Phi) is 9.36. The maximum absolute atomic E-state index is 13.4. The van der Waals surface area contributed by atoms with Gasteiger partial charge in [0.05, 0.1) is 17.4 Å². The highest BCUT2D eigenvalue weighted by molar-refractivity contribution is 8.26. The van der Waals surface area contributed by atoms with Crippen molar-refractivity contribution in [3.8, 4) is 6.07 Å². The van der Waals surface area contributed by atoms with Gasteiger partial charge in [-0.3, -0.25) is 23.9 Å². The summed E-state index contributed by atoms with van der Waals surface area (Å²) in [6, 6.07) is 2.02. The van der Waals surface area contributed by atoms with Crippen LogP contribution in [0.4, 0.5) is 5.82 Å².